The molecule has 1 aliphatic rings. The normalized spacial score (nSPS) is 17.9. The number of nitro groups is 1. The summed E-state index contributed by atoms with van der Waals surface area (Å²) in [5.41, 5.74) is 0.0160. The number of hydrogen-bond donors (Lipinski definition) is 1. The first kappa shape index (κ1) is 16.2. The van der Waals surface area contributed by atoms with Crippen molar-refractivity contribution in [3.8, 4) is 0 Å². The predicted molar refractivity (Wildman–Crippen MR) is 81.7 cm³/mol. The van der Waals surface area contributed by atoms with Gasteiger partial charge in [0.05, 0.1) is 10.8 Å². The average Bonchev–Trinajstić information content (AvgIpc) is 2.83. The van der Waals surface area contributed by atoms with E-state index < -0.39 is 10.8 Å². The third-order valence-electron chi connectivity index (χ3n) is 3.56. The van der Waals surface area contributed by atoms with Gasteiger partial charge in [-0.3, -0.25) is 19.7 Å². The molecule has 1 fully saturated rings. The monoisotopic (exact) mass is 325 g/mol. The van der Waals surface area contributed by atoms with E-state index in [9.17, 15) is 19.7 Å². The highest BCUT2D eigenvalue weighted by Gasteiger charge is 2.35. The number of rotatable bonds is 4. The van der Waals surface area contributed by atoms with Crippen molar-refractivity contribution in [1.82, 2.24) is 4.90 Å². The molecule has 7 nitrogen and oxygen atoms in total. The minimum absolute atomic E-state index is 0.00465. The molecule has 22 heavy (non-hydrogen) atoms. The smallest absolute Gasteiger partial charge is 0.289 e. The number of hydrogen-bond acceptors (Lipinski definition) is 4. The Morgan fingerprint density at radius 2 is 2.18 bits per heavy atom. The summed E-state index contributed by atoms with van der Waals surface area (Å²) >= 11 is 5.72. The summed E-state index contributed by atoms with van der Waals surface area (Å²) in [5, 5.41) is 13.4. The number of nitrogens with one attached hydrogen (secondary N) is 1. The van der Waals surface area contributed by atoms with Gasteiger partial charge in [0.15, 0.2) is 0 Å². The third-order valence-corrected chi connectivity index (χ3v) is 3.88. The van der Waals surface area contributed by atoms with Gasteiger partial charge in [0.2, 0.25) is 11.8 Å². The Labute approximate surface area is 132 Å². The molecule has 1 aliphatic heterocycles. The standard InChI is InChI=1S/C14H16ClN3O4/c1-8(2)17-7-9(5-13(17)19)14(20)16-10-3-4-11(15)12(6-10)18(21)22/h3-4,6,8-9H,5,7H2,1-2H3,(H,16,20)/t9-/m0/s1. The zero-order valence-electron chi connectivity index (χ0n) is 12.2. The highest BCUT2D eigenvalue weighted by molar-refractivity contribution is 6.32. The van der Waals surface area contributed by atoms with Crippen molar-refractivity contribution in [3.63, 3.8) is 0 Å². The van der Waals surface area contributed by atoms with Gasteiger partial charge >= 0.3 is 0 Å². The maximum atomic E-state index is 12.2. The highest BCUT2D eigenvalue weighted by Crippen LogP contribution is 2.28. The molecule has 0 aromatic heterocycles. The lowest BCUT2D eigenvalue weighted by atomic mass is 10.1. The van der Waals surface area contributed by atoms with E-state index in [1.54, 1.807) is 4.90 Å². The molecule has 0 unspecified atom stereocenters. The molecule has 1 aromatic rings. The molecular weight excluding hydrogens is 310 g/mol. The van der Waals surface area contributed by atoms with Crippen molar-refractivity contribution in [1.29, 1.82) is 0 Å². The molecule has 2 rings (SSSR count). The lowest BCUT2D eigenvalue weighted by Crippen LogP contribution is -2.33. The van der Waals surface area contributed by atoms with Crippen LogP contribution in [0.25, 0.3) is 0 Å². The molecule has 1 aromatic carbocycles. The van der Waals surface area contributed by atoms with Crippen molar-refractivity contribution in [3.05, 3.63) is 33.3 Å². The molecule has 1 N–H and O–H groups in total. The minimum atomic E-state index is -0.614. The van der Waals surface area contributed by atoms with Crippen molar-refractivity contribution < 1.29 is 14.5 Å². The second kappa shape index (κ2) is 6.31. The third kappa shape index (κ3) is 3.36. The van der Waals surface area contributed by atoms with Gasteiger partial charge < -0.3 is 10.2 Å². The maximum Gasteiger partial charge on any atom is 0.289 e. The van der Waals surface area contributed by atoms with Crippen LogP contribution in [-0.2, 0) is 9.59 Å². The lowest BCUT2D eigenvalue weighted by Gasteiger charge is -2.20. The van der Waals surface area contributed by atoms with Gasteiger partial charge in [-0.1, -0.05) is 11.6 Å². The van der Waals surface area contributed by atoms with E-state index in [0.717, 1.165) is 0 Å². The summed E-state index contributed by atoms with van der Waals surface area (Å²) < 4.78 is 0. The van der Waals surface area contributed by atoms with Crippen LogP contribution in [0.3, 0.4) is 0 Å². The van der Waals surface area contributed by atoms with Crippen LogP contribution in [-0.4, -0.2) is 34.2 Å². The van der Waals surface area contributed by atoms with Crippen LogP contribution in [0, 0.1) is 16.0 Å². The van der Waals surface area contributed by atoms with Crippen molar-refractivity contribution >= 4 is 34.8 Å². The first-order valence-electron chi connectivity index (χ1n) is 6.84. The number of carbonyl (C=O) groups excluding carboxylic acids is 2. The SMILES string of the molecule is CC(C)N1C[C@@H](C(=O)Nc2ccc(Cl)c([N+](=O)[O-])c2)CC1=O. The average molecular weight is 326 g/mol. The summed E-state index contributed by atoms with van der Waals surface area (Å²) in [6, 6.07) is 4.10. The van der Waals surface area contributed by atoms with Gasteiger partial charge in [0, 0.05) is 30.8 Å². The number of nitro benzene ring substituents is 1. The van der Waals surface area contributed by atoms with E-state index in [-0.39, 0.29) is 40.7 Å². The zero-order valence-corrected chi connectivity index (χ0v) is 13.0. The number of halogens is 1. The van der Waals surface area contributed by atoms with E-state index in [4.69, 9.17) is 11.6 Å². The quantitative estimate of drug-likeness (QED) is 0.679. The number of carbonyl (C=O) groups is 2. The van der Waals surface area contributed by atoms with Crippen LogP contribution < -0.4 is 5.32 Å². The second-order valence-corrected chi connectivity index (χ2v) is 5.86. The molecule has 0 aliphatic carbocycles. The molecule has 2 amide bonds. The predicted octanol–water partition coefficient (Wildman–Crippen LogP) is 2.44. The van der Waals surface area contributed by atoms with E-state index in [0.29, 0.717) is 6.54 Å². The summed E-state index contributed by atoms with van der Waals surface area (Å²) in [6.07, 6.45) is 0.152. The van der Waals surface area contributed by atoms with E-state index in [2.05, 4.69) is 5.32 Å². The van der Waals surface area contributed by atoms with Gasteiger partial charge in [-0.2, -0.15) is 0 Å². The first-order valence-corrected chi connectivity index (χ1v) is 7.21. The molecule has 0 radical (unpaired) electrons. The second-order valence-electron chi connectivity index (χ2n) is 5.45. The van der Waals surface area contributed by atoms with Crippen LogP contribution in [0.15, 0.2) is 18.2 Å². The van der Waals surface area contributed by atoms with Gasteiger partial charge in [-0.25, -0.2) is 0 Å². The Hall–Kier alpha value is -2.15. The van der Waals surface area contributed by atoms with Crippen LogP contribution >= 0.6 is 11.6 Å². The van der Waals surface area contributed by atoms with Gasteiger partial charge in [-0.05, 0) is 26.0 Å². The molecule has 1 saturated heterocycles. The fourth-order valence-electron chi connectivity index (χ4n) is 2.38. The summed E-state index contributed by atoms with van der Waals surface area (Å²) in [5.74, 6) is -0.838. The van der Waals surface area contributed by atoms with Gasteiger partial charge in [-0.15, -0.1) is 0 Å². The summed E-state index contributed by atoms with van der Waals surface area (Å²) in [7, 11) is 0. The maximum absolute atomic E-state index is 12.2. The number of amides is 2. The molecular formula is C14H16ClN3O4. The Morgan fingerprint density at radius 3 is 2.73 bits per heavy atom. The molecule has 0 spiro atoms. The molecule has 118 valence electrons. The van der Waals surface area contributed by atoms with E-state index >= 15 is 0 Å². The zero-order chi connectivity index (χ0) is 16.4. The topological polar surface area (TPSA) is 92.6 Å². The van der Waals surface area contributed by atoms with Gasteiger partial charge in [0.25, 0.3) is 5.69 Å². The van der Waals surface area contributed by atoms with Crippen LogP contribution in [0.2, 0.25) is 5.02 Å². The Kier molecular flexibility index (Phi) is 4.65. The lowest BCUT2D eigenvalue weighted by molar-refractivity contribution is -0.384. The first-order chi connectivity index (χ1) is 10.3. The van der Waals surface area contributed by atoms with Crippen molar-refractivity contribution in [2.75, 3.05) is 11.9 Å². The Balaban J connectivity index is 2.09. The largest absolute Gasteiger partial charge is 0.339 e. The minimum Gasteiger partial charge on any atom is -0.339 e. The molecule has 8 heteroatoms. The Bertz CT molecular complexity index is 633. The number of benzene rings is 1. The fourth-order valence-corrected chi connectivity index (χ4v) is 2.57. The summed E-state index contributed by atoms with van der Waals surface area (Å²) in [6.45, 7) is 4.14. The van der Waals surface area contributed by atoms with Crippen molar-refractivity contribution in [2.24, 2.45) is 5.92 Å². The van der Waals surface area contributed by atoms with E-state index in [1.165, 1.54) is 18.2 Å². The van der Waals surface area contributed by atoms with Gasteiger partial charge in [0.1, 0.15) is 5.02 Å². The number of anilines is 1. The molecule has 1 atom stereocenters. The molecule has 0 bridgehead atoms. The fraction of sp³-hybridized carbons (Fsp3) is 0.429. The van der Waals surface area contributed by atoms with E-state index in [1.807, 2.05) is 13.8 Å². The Morgan fingerprint density at radius 1 is 1.50 bits per heavy atom. The van der Waals surface area contributed by atoms with Crippen LogP contribution in [0.1, 0.15) is 20.3 Å². The number of likely N-dealkylation sites (tertiary alicyclic amines) is 1. The molecule has 1 heterocycles. The summed E-state index contributed by atoms with van der Waals surface area (Å²) in [4.78, 5) is 35.9. The van der Waals surface area contributed by atoms with Crippen molar-refractivity contribution in [2.45, 2.75) is 26.3 Å². The molecule has 0 saturated carbocycles. The van der Waals surface area contributed by atoms with Crippen LogP contribution in [0.4, 0.5) is 11.4 Å². The highest BCUT2D eigenvalue weighted by atomic mass is 35.5. The van der Waals surface area contributed by atoms with Crippen LogP contribution in [0.5, 0.6) is 0 Å². The number of nitrogens with zero attached hydrogens (tertiary/aromatic N) is 2.